The molecule has 1 fully saturated rings. The molecule has 2 rings (SSSR count). The highest BCUT2D eigenvalue weighted by Crippen LogP contribution is 2.24. The largest absolute Gasteiger partial charge is 0.355 e. The average molecular weight is 176 g/mol. The molecule has 0 unspecified atom stereocenters. The molecule has 1 aromatic heterocycles. The van der Waals surface area contributed by atoms with Crippen LogP contribution in [0, 0.1) is 6.92 Å². The van der Waals surface area contributed by atoms with Crippen molar-refractivity contribution in [2.24, 2.45) is 0 Å². The van der Waals surface area contributed by atoms with Gasteiger partial charge in [0.2, 0.25) is 5.91 Å². The lowest BCUT2D eigenvalue weighted by atomic mass is 9.97. The second-order valence-corrected chi connectivity index (χ2v) is 3.38. The average Bonchev–Trinajstić information content (AvgIpc) is 2.53. The summed E-state index contributed by atoms with van der Waals surface area (Å²) in [6, 6.07) is 3.97. The van der Waals surface area contributed by atoms with E-state index in [1.165, 1.54) is 5.56 Å². The lowest BCUT2D eigenvalue weighted by Gasteiger charge is -2.09. The number of aromatic nitrogens is 1. The molecule has 0 radical (unpaired) electrons. The van der Waals surface area contributed by atoms with Crippen LogP contribution in [-0.4, -0.2) is 17.4 Å². The van der Waals surface area contributed by atoms with Crippen LogP contribution < -0.4 is 5.32 Å². The van der Waals surface area contributed by atoms with Crippen LogP contribution >= 0.6 is 0 Å². The minimum atomic E-state index is 0.147. The van der Waals surface area contributed by atoms with E-state index in [4.69, 9.17) is 0 Å². The monoisotopic (exact) mass is 176 g/mol. The number of pyridine rings is 1. The maximum Gasteiger partial charge on any atom is 0.220 e. The van der Waals surface area contributed by atoms with Crippen LogP contribution in [0.15, 0.2) is 18.3 Å². The van der Waals surface area contributed by atoms with Gasteiger partial charge < -0.3 is 5.32 Å². The quantitative estimate of drug-likeness (QED) is 0.693. The van der Waals surface area contributed by atoms with Crippen LogP contribution in [0.5, 0.6) is 0 Å². The zero-order valence-electron chi connectivity index (χ0n) is 7.58. The molecular formula is C10H12N2O. The number of hydrogen-bond donors (Lipinski definition) is 1. The van der Waals surface area contributed by atoms with Gasteiger partial charge in [0.05, 0.1) is 0 Å². The summed E-state index contributed by atoms with van der Waals surface area (Å²) < 4.78 is 0. The molecule has 1 aromatic rings. The van der Waals surface area contributed by atoms with Crippen LogP contribution in [-0.2, 0) is 4.79 Å². The summed E-state index contributed by atoms with van der Waals surface area (Å²) >= 11 is 0. The number of carbonyl (C=O) groups excluding carboxylic acids is 1. The molecule has 13 heavy (non-hydrogen) atoms. The van der Waals surface area contributed by atoms with Crippen LogP contribution in [0.1, 0.15) is 23.6 Å². The Kier molecular flexibility index (Phi) is 2.00. The van der Waals surface area contributed by atoms with E-state index in [1.807, 2.05) is 19.1 Å². The standard InChI is InChI=1S/C10H12N2O/c1-7-9(3-2-4-11-7)8-5-10(13)12-6-8/h2-4,8H,5-6H2,1H3,(H,12,13)/t8-/m0/s1. The fraction of sp³-hybridized carbons (Fsp3) is 0.400. The van der Waals surface area contributed by atoms with Gasteiger partial charge in [-0.3, -0.25) is 9.78 Å². The molecule has 3 heteroatoms. The van der Waals surface area contributed by atoms with Crippen molar-refractivity contribution in [2.45, 2.75) is 19.3 Å². The Morgan fingerprint density at radius 1 is 1.62 bits per heavy atom. The van der Waals surface area contributed by atoms with Gasteiger partial charge in [0.25, 0.3) is 0 Å². The lowest BCUT2D eigenvalue weighted by molar-refractivity contribution is -0.119. The minimum absolute atomic E-state index is 0.147. The van der Waals surface area contributed by atoms with Crippen LogP contribution in [0.25, 0.3) is 0 Å². The number of amides is 1. The van der Waals surface area contributed by atoms with E-state index in [9.17, 15) is 4.79 Å². The summed E-state index contributed by atoms with van der Waals surface area (Å²) in [7, 11) is 0. The highest BCUT2D eigenvalue weighted by atomic mass is 16.1. The van der Waals surface area contributed by atoms with Gasteiger partial charge in [-0.15, -0.1) is 0 Å². The maximum atomic E-state index is 11.0. The Hall–Kier alpha value is -1.38. The summed E-state index contributed by atoms with van der Waals surface area (Å²) in [5.41, 5.74) is 2.23. The topological polar surface area (TPSA) is 42.0 Å². The second-order valence-electron chi connectivity index (χ2n) is 3.38. The maximum absolute atomic E-state index is 11.0. The van der Waals surface area contributed by atoms with E-state index in [1.54, 1.807) is 6.20 Å². The second kappa shape index (κ2) is 3.17. The molecule has 1 saturated heterocycles. The smallest absolute Gasteiger partial charge is 0.220 e. The Bertz CT molecular complexity index is 335. The Morgan fingerprint density at radius 3 is 3.08 bits per heavy atom. The molecule has 3 nitrogen and oxygen atoms in total. The van der Waals surface area contributed by atoms with E-state index < -0.39 is 0 Å². The molecule has 68 valence electrons. The molecule has 0 spiro atoms. The Balaban J connectivity index is 2.26. The first kappa shape index (κ1) is 8.23. The highest BCUT2D eigenvalue weighted by Gasteiger charge is 2.24. The Labute approximate surface area is 77.2 Å². The first-order valence-corrected chi connectivity index (χ1v) is 4.45. The van der Waals surface area contributed by atoms with Gasteiger partial charge >= 0.3 is 0 Å². The van der Waals surface area contributed by atoms with Gasteiger partial charge in [-0.1, -0.05) is 6.07 Å². The number of nitrogens with zero attached hydrogens (tertiary/aromatic N) is 1. The van der Waals surface area contributed by atoms with Gasteiger partial charge in [0, 0.05) is 30.8 Å². The molecule has 0 saturated carbocycles. The van der Waals surface area contributed by atoms with Crippen molar-refractivity contribution in [1.82, 2.24) is 10.3 Å². The molecule has 0 aromatic carbocycles. The Morgan fingerprint density at radius 2 is 2.46 bits per heavy atom. The molecule has 1 atom stereocenters. The normalized spacial score (nSPS) is 21.6. The van der Waals surface area contributed by atoms with Crippen LogP contribution in [0.4, 0.5) is 0 Å². The van der Waals surface area contributed by atoms with Crippen LogP contribution in [0.2, 0.25) is 0 Å². The molecular weight excluding hydrogens is 164 g/mol. The van der Waals surface area contributed by atoms with Gasteiger partial charge in [0.15, 0.2) is 0 Å². The van der Waals surface area contributed by atoms with Crippen molar-refractivity contribution < 1.29 is 4.79 Å². The third-order valence-electron chi connectivity index (χ3n) is 2.47. The predicted molar refractivity (Wildman–Crippen MR) is 49.3 cm³/mol. The predicted octanol–water partition coefficient (Wildman–Crippen LogP) is 0.994. The molecule has 1 aliphatic rings. The first-order valence-electron chi connectivity index (χ1n) is 4.45. The number of hydrogen-bond acceptors (Lipinski definition) is 2. The number of rotatable bonds is 1. The molecule has 1 N–H and O–H groups in total. The molecule has 1 aliphatic heterocycles. The van der Waals surface area contributed by atoms with E-state index in [0.29, 0.717) is 12.3 Å². The van der Waals surface area contributed by atoms with Crippen molar-refractivity contribution in [3.63, 3.8) is 0 Å². The van der Waals surface area contributed by atoms with Crippen LogP contribution in [0.3, 0.4) is 0 Å². The first-order chi connectivity index (χ1) is 6.27. The summed E-state index contributed by atoms with van der Waals surface area (Å²) in [5, 5.41) is 2.83. The van der Waals surface area contributed by atoms with Crippen molar-refractivity contribution >= 4 is 5.91 Å². The van der Waals surface area contributed by atoms with Gasteiger partial charge in [-0.05, 0) is 18.6 Å². The van der Waals surface area contributed by atoms with Crippen molar-refractivity contribution in [3.05, 3.63) is 29.6 Å². The van der Waals surface area contributed by atoms with Gasteiger partial charge in [-0.25, -0.2) is 0 Å². The lowest BCUT2D eigenvalue weighted by Crippen LogP contribution is -2.13. The SMILES string of the molecule is Cc1ncccc1[C@@H]1CNC(=O)C1. The van der Waals surface area contributed by atoms with Crippen molar-refractivity contribution in [1.29, 1.82) is 0 Å². The highest BCUT2D eigenvalue weighted by molar-refractivity contribution is 5.79. The summed E-state index contributed by atoms with van der Waals surface area (Å²) in [4.78, 5) is 15.2. The van der Waals surface area contributed by atoms with Crippen molar-refractivity contribution in [2.75, 3.05) is 6.54 Å². The van der Waals surface area contributed by atoms with E-state index in [2.05, 4.69) is 10.3 Å². The van der Waals surface area contributed by atoms with E-state index >= 15 is 0 Å². The third-order valence-corrected chi connectivity index (χ3v) is 2.47. The summed E-state index contributed by atoms with van der Waals surface area (Å²) in [5.74, 6) is 0.467. The summed E-state index contributed by atoms with van der Waals surface area (Å²) in [6.45, 7) is 2.74. The van der Waals surface area contributed by atoms with Crippen molar-refractivity contribution in [3.8, 4) is 0 Å². The van der Waals surface area contributed by atoms with Gasteiger partial charge in [0.1, 0.15) is 0 Å². The number of aryl methyl sites for hydroxylation is 1. The molecule has 1 amide bonds. The molecule has 2 heterocycles. The zero-order chi connectivity index (χ0) is 9.26. The number of carbonyl (C=O) groups is 1. The molecule has 0 aliphatic carbocycles. The van der Waals surface area contributed by atoms with E-state index in [-0.39, 0.29) is 5.91 Å². The third kappa shape index (κ3) is 1.54. The zero-order valence-corrected chi connectivity index (χ0v) is 7.58. The fourth-order valence-electron chi connectivity index (χ4n) is 1.75. The summed E-state index contributed by atoms with van der Waals surface area (Å²) in [6.07, 6.45) is 2.38. The fourth-order valence-corrected chi connectivity index (χ4v) is 1.75. The minimum Gasteiger partial charge on any atom is -0.355 e. The van der Waals surface area contributed by atoms with Gasteiger partial charge in [-0.2, -0.15) is 0 Å². The van der Waals surface area contributed by atoms with E-state index in [0.717, 1.165) is 12.2 Å². The number of nitrogens with one attached hydrogen (secondary N) is 1. The molecule has 0 bridgehead atoms.